The number of carbonyl (C=O) groups is 1. The first kappa shape index (κ1) is 16.6. The number of fused-ring (bicyclic) bond motifs is 1. The highest BCUT2D eigenvalue weighted by atomic mass is 16.2. The van der Waals surface area contributed by atoms with E-state index in [9.17, 15) is 4.79 Å². The largest absolute Gasteiger partial charge is 0.338 e. The van der Waals surface area contributed by atoms with Gasteiger partial charge in [-0.25, -0.2) is 0 Å². The number of nitrogens with zero attached hydrogens (tertiary/aromatic N) is 1. The second-order valence-electron chi connectivity index (χ2n) is 6.87. The molecule has 0 saturated carbocycles. The van der Waals surface area contributed by atoms with Crippen LogP contribution in [-0.4, -0.2) is 23.9 Å². The number of rotatable bonds is 4. The fraction of sp³-hybridized carbons (Fsp3) is 0.208. The number of carbonyl (C=O) groups excluding carboxylic acids is 1. The Morgan fingerprint density at radius 1 is 0.808 bits per heavy atom. The maximum Gasteiger partial charge on any atom is 0.254 e. The van der Waals surface area contributed by atoms with Crippen molar-refractivity contribution in [1.29, 1.82) is 0 Å². The van der Waals surface area contributed by atoms with E-state index in [-0.39, 0.29) is 5.91 Å². The van der Waals surface area contributed by atoms with E-state index in [2.05, 4.69) is 60.7 Å². The second-order valence-corrected chi connectivity index (χ2v) is 6.87. The van der Waals surface area contributed by atoms with Crippen LogP contribution in [0.4, 0.5) is 0 Å². The first-order valence-electron chi connectivity index (χ1n) is 9.33. The number of hydrogen-bond acceptors (Lipinski definition) is 1. The third-order valence-corrected chi connectivity index (χ3v) is 5.12. The molecule has 0 N–H and O–H groups in total. The van der Waals surface area contributed by atoms with Crippen molar-refractivity contribution in [3.63, 3.8) is 0 Å². The Morgan fingerprint density at radius 2 is 1.54 bits per heavy atom. The lowest BCUT2D eigenvalue weighted by Gasteiger charge is -2.21. The van der Waals surface area contributed by atoms with Crippen LogP contribution in [0.5, 0.6) is 0 Å². The van der Waals surface area contributed by atoms with Gasteiger partial charge in [0.2, 0.25) is 0 Å². The predicted octanol–water partition coefficient (Wildman–Crippen LogP) is 4.98. The van der Waals surface area contributed by atoms with Gasteiger partial charge in [0.25, 0.3) is 5.91 Å². The molecule has 0 atom stereocenters. The summed E-state index contributed by atoms with van der Waals surface area (Å²) < 4.78 is 0. The third kappa shape index (κ3) is 3.55. The quantitative estimate of drug-likeness (QED) is 0.655. The predicted molar refractivity (Wildman–Crippen MR) is 106 cm³/mol. The molecule has 4 rings (SSSR count). The summed E-state index contributed by atoms with van der Waals surface area (Å²) in [4.78, 5) is 15.0. The van der Waals surface area contributed by atoms with Crippen LogP contribution in [0.3, 0.4) is 0 Å². The molecule has 0 saturated heterocycles. The molecule has 1 aliphatic rings. The van der Waals surface area contributed by atoms with Crippen molar-refractivity contribution >= 4 is 5.91 Å². The summed E-state index contributed by atoms with van der Waals surface area (Å²) in [5, 5.41) is 0. The third-order valence-electron chi connectivity index (χ3n) is 5.12. The summed E-state index contributed by atoms with van der Waals surface area (Å²) in [6.07, 6.45) is 2.89. The molecule has 0 fully saturated rings. The Bertz CT molecular complexity index is 887. The van der Waals surface area contributed by atoms with Gasteiger partial charge < -0.3 is 4.90 Å². The highest BCUT2D eigenvalue weighted by Gasteiger charge is 2.22. The lowest BCUT2D eigenvalue weighted by molar-refractivity contribution is 0.0763. The monoisotopic (exact) mass is 341 g/mol. The van der Waals surface area contributed by atoms with Gasteiger partial charge in [0.05, 0.1) is 0 Å². The first-order chi connectivity index (χ1) is 12.8. The Morgan fingerprint density at radius 3 is 2.31 bits per heavy atom. The smallest absolute Gasteiger partial charge is 0.254 e. The maximum absolute atomic E-state index is 13.0. The topological polar surface area (TPSA) is 20.3 Å². The zero-order valence-electron chi connectivity index (χ0n) is 14.9. The van der Waals surface area contributed by atoms with Crippen LogP contribution >= 0.6 is 0 Å². The summed E-state index contributed by atoms with van der Waals surface area (Å²) in [5.74, 6) is 0.174. The molecule has 0 radical (unpaired) electrons. The van der Waals surface area contributed by atoms with E-state index in [1.807, 2.05) is 23.1 Å². The lowest BCUT2D eigenvalue weighted by atomic mass is 9.97. The molecule has 0 bridgehead atoms. The molecule has 26 heavy (non-hydrogen) atoms. The van der Waals surface area contributed by atoms with E-state index in [1.54, 1.807) is 0 Å². The SMILES string of the molecule is O=C1c2ccc(-c3ccccc3)cc2CCCN1CCc1ccccc1. The fourth-order valence-corrected chi connectivity index (χ4v) is 3.67. The molecule has 130 valence electrons. The second kappa shape index (κ2) is 7.57. The van der Waals surface area contributed by atoms with E-state index in [4.69, 9.17) is 0 Å². The number of amides is 1. The van der Waals surface area contributed by atoms with Gasteiger partial charge in [-0.1, -0.05) is 72.8 Å². The molecule has 0 aromatic heterocycles. The minimum atomic E-state index is 0.174. The maximum atomic E-state index is 13.0. The average molecular weight is 341 g/mol. The van der Waals surface area contributed by atoms with Gasteiger partial charge in [-0.05, 0) is 47.6 Å². The molecule has 0 aliphatic carbocycles. The van der Waals surface area contributed by atoms with Gasteiger partial charge >= 0.3 is 0 Å². The van der Waals surface area contributed by atoms with Crippen LogP contribution in [0, 0.1) is 0 Å². The number of hydrogen-bond donors (Lipinski definition) is 0. The summed E-state index contributed by atoms with van der Waals surface area (Å²) in [6.45, 7) is 1.61. The molecular formula is C24H23NO. The Hall–Kier alpha value is -2.87. The summed E-state index contributed by atoms with van der Waals surface area (Å²) in [7, 11) is 0. The molecular weight excluding hydrogens is 318 g/mol. The van der Waals surface area contributed by atoms with Crippen molar-refractivity contribution in [3.8, 4) is 11.1 Å². The van der Waals surface area contributed by atoms with E-state index >= 15 is 0 Å². The molecule has 0 unspecified atom stereocenters. The van der Waals surface area contributed by atoms with Gasteiger partial charge in [0, 0.05) is 18.7 Å². The van der Waals surface area contributed by atoms with Crippen LogP contribution in [0.25, 0.3) is 11.1 Å². The van der Waals surface area contributed by atoms with Gasteiger partial charge in [-0.15, -0.1) is 0 Å². The van der Waals surface area contributed by atoms with Crippen molar-refractivity contribution < 1.29 is 4.79 Å². The zero-order valence-corrected chi connectivity index (χ0v) is 14.9. The van der Waals surface area contributed by atoms with Crippen LogP contribution in [0.15, 0.2) is 78.9 Å². The summed E-state index contributed by atoms with van der Waals surface area (Å²) >= 11 is 0. The van der Waals surface area contributed by atoms with Crippen molar-refractivity contribution in [2.24, 2.45) is 0 Å². The van der Waals surface area contributed by atoms with E-state index < -0.39 is 0 Å². The van der Waals surface area contributed by atoms with E-state index in [1.165, 1.54) is 22.3 Å². The molecule has 2 heteroatoms. The molecule has 1 amide bonds. The first-order valence-corrected chi connectivity index (χ1v) is 9.33. The van der Waals surface area contributed by atoms with Crippen LogP contribution in [-0.2, 0) is 12.8 Å². The normalized spacial score (nSPS) is 14.0. The van der Waals surface area contributed by atoms with Gasteiger partial charge in [-0.2, -0.15) is 0 Å². The van der Waals surface area contributed by atoms with Crippen LogP contribution in [0.2, 0.25) is 0 Å². The highest BCUT2D eigenvalue weighted by Crippen LogP contribution is 2.26. The average Bonchev–Trinajstić information content (AvgIpc) is 2.86. The van der Waals surface area contributed by atoms with Crippen LogP contribution < -0.4 is 0 Å². The van der Waals surface area contributed by atoms with E-state index in [0.29, 0.717) is 0 Å². The molecule has 1 aliphatic heterocycles. The highest BCUT2D eigenvalue weighted by molar-refractivity contribution is 5.96. The van der Waals surface area contributed by atoms with Gasteiger partial charge in [-0.3, -0.25) is 4.79 Å². The zero-order chi connectivity index (χ0) is 17.8. The molecule has 2 nitrogen and oxygen atoms in total. The Labute approximate surface area is 155 Å². The van der Waals surface area contributed by atoms with Crippen molar-refractivity contribution in [2.75, 3.05) is 13.1 Å². The molecule has 1 heterocycles. The van der Waals surface area contributed by atoms with E-state index in [0.717, 1.165) is 37.9 Å². The lowest BCUT2D eigenvalue weighted by Crippen LogP contribution is -2.32. The number of aryl methyl sites for hydroxylation is 1. The standard InChI is InChI=1S/C24H23NO/c26-24-23-14-13-21(20-10-5-2-6-11-20)18-22(23)12-7-16-25(24)17-15-19-8-3-1-4-9-19/h1-6,8-11,13-14,18H,7,12,15-17H2. The minimum absolute atomic E-state index is 0.174. The minimum Gasteiger partial charge on any atom is -0.338 e. The van der Waals surface area contributed by atoms with Crippen LogP contribution in [0.1, 0.15) is 27.9 Å². The number of benzene rings is 3. The summed E-state index contributed by atoms with van der Waals surface area (Å²) in [5.41, 5.74) is 5.72. The molecule has 3 aromatic carbocycles. The van der Waals surface area contributed by atoms with Crippen molar-refractivity contribution in [1.82, 2.24) is 4.90 Å². The van der Waals surface area contributed by atoms with Crippen molar-refractivity contribution in [3.05, 3.63) is 95.6 Å². The Balaban J connectivity index is 1.54. The fourth-order valence-electron chi connectivity index (χ4n) is 3.67. The molecule has 0 spiro atoms. The Kier molecular flexibility index (Phi) is 4.83. The van der Waals surface area contributed by atoms with Gasteiger partial charge in [0.1, 0.15) is 0 Å². The van der Waals surface area contributed by atoms with Gasteiger partial charge in [0.15, 0.2) is 0 Å². The molecule has 3 aromatic rings. The summed E-state index contributed by atoms with van der Waals surface area (Å²) in [6, 6.07) is 27.1. The van der Waals surface area contributed by atoms with Crippen molar-refractivity contribution in [2.45, 2.75) is 19.3 Å².